The van der Waals surface area contributed by atoms with Gasteiger partial charge in [0.05, 0.1) is 23.3 Å². The number of nitriles is 1. The highest BCUT2D eigenvalue weighted by Crippen LogP contribution is 2.40. The van der Waals surface area contributed by atoms with Gasteiger partial charge in [0.1, 0.15) is 0 Å². The molecule has 4 heteroatoms. The summed E-state index contributed by atoms with van der Waals surface area (Å²) in [6, 6.07) is 15.3. The molecule has 1 aliphatic carbocycles. The summed E-state index contributed by atoms with van der Waals surface area (Å²) in [5.74, 6) is 1.31. The third-order valence-corrected chi connectivity index (χ3v) is 6.61. The molecule has 0 spiro atoms. The van der Waals surface area contributed by atoms with Crippen molar-refractivity contribution in [1.82, 2.24) is 0 Å². The van der Waals surface area contributed by atoms with E-state index >= 15 is 0 Å². The molecule has 3 rings (SSSR count). The van der Waals surface area contributed by atoms with Gasteiger partial charge in [0.25, 0.3) is 0 Å². The Morgan fingerprint density at radius 1 is 1.00 bits per heavy atom. The van der Waals surface area contributed by atoms with Crippen LogP contribution in [0.3, 0.4) is 0 Å². The fraction of sp³-hybridized carbons (Fsp3) is 0.519. The highest BCUT2D eigenvalue weighted by Gasteiger charge is 2.35. The van der Waals surface area contributed by atoms with Crippen molar-refractivity contribution >= 4 is 0 Å². The lowest BCUT2D eigenvalue weighted by Gasteiger charge is -2.29. The van der Waals surface area contributed by atoms with E-state index in [9.17, 15) is 8.78 Å². The van der Waals surface area contributed by atoms with Crippen molar-refractivity contribution in [3.63, 3.8) is 0 Å². The van der Waals surface area contributed by atoms with Gasteiger partial charge in [-0.2, -0.15) is 14.0 Å². The van der Waals surface area contributed by atoms with Gasteiger partial charge >= 0.3 is 6.11 Å². The van der Waals surface area contributed by atoms with Gasteiger partial charge in [-0.1, -0.05) is 69.0 Å². The van der Waals surface area contributed by atoms with Gasteiger partial charge in [0.2, 0.25) is 0 Å². The van der Waals surface area contributed by atoms with E-state index in [-0.39, 0.29) is 5.56 Å². The molecule has 1 unspecified atom stereocenters. The van der Waals surface area contributed by atoms with Gasteiger partial charge in [-0.15, -0.1) is 0 Å². The normalized spacial score (nSPS) is 20.2. The third kappa shape index (κ3) is 6.37. The first kappa shape index (κ1) is 23.4. The Morgan fingerprint density at radius 2 is 1.65 bits per heavy atom. The predicted octanol–water partition coefficient (Wildman–Crippen LogP) is 8.24. The maximum absolute atomic E-state index is 14.7. The summed E-state index contributed by atoms with van der Waals surface area (Å²) in [7, 11) is 0. The first-order chi connectivity index (χ1) is 14.9. The number of rotatable bonds is 9. The predicted molar refractivity (Wildman–Crippen MR) is 120 cm³/mol. The summed E-state index contributed by atoms with van der Waals surface area (Å²) >= 11 is 0. The molecular formula is C27H33F2NO. The van der Waals surface area contributed by atoms with Crippen LogP contribution >= 0.6 is 0 Å². The van der Waals surface area contributed by atoms with E-state index in [1.165, 1.54) is 50.7 Å². The van der Waals surface area contributed by atoms with Crippen molar-refractivity contribution in [3.8, 4) is 6.07 Å². The van der Waals surface area contributed by atoms with E-state index in [1.807, 2.05) is 18.2 Å². The number of benzene rings is 2. The van der Waals surface area contributed by atoms with E-state index in [1.54, 1.807) is 31.2 Å². The Hall–Kier alpha value is -2.25. The molecule has 0 bridgehead atoms. The first-order valence-electron chi connectivity index (χ1n) is 11.6. The van der Waals surface area contributed by atoms with Crippen LogP contribution in [0, 0.1) is 17.2 Å². The monoisotopic (exact) mass is 425 g/mol. The average molecular weight is 426 g/mol. The van der Waals surface area contributed by atoms with Crippen LogP contribution in [0.1, 0.15) is 99.5 Å². The molecule has 31 heavy (non-hydrogen) atoms. The molecule has 0 aromatic heterocycles. The van der Waals surface area contributed by atoms with Crippen molar-refractivity contribution in [2.75, 3.05) is 0 Å². The fourth-order valence-corrected chi connectivity index (χ4v) is 4.60. The van der Waals surface area contributed by atoms with Gasteiger partial charge in [-0.25, -0.2) is 0 Å². The van der Waals surface area contributed by atoms with Crippen LogP contribution in [-0.4, -0.2) is 0 Å². The SMILES string of the molecule is CCCCCC1CCC(c2ccc(C(F)(F)OC(C)c3ccc(C#N)cc3)cc2)CC1. The summed E-state index contributed by atoms with van der Waals surface area (Å²) in [6.07, 6.45) is 5.89. The van der Waals surface area contributed by atoms with Crippen LogP contribution < -0.4 is 0 Å². The Labute approximate surface area is 185 Å². The molecule has 1 atom stereocenters. The molecule has 2 nitrogen and oxygen atoms in total. The van der Waals surface area contributed by atoms with Crippen LogP contribution in [0.5, 0.6) is 0 Å². The van der Waals surface area contributed by atoms with Crippen molar-refractivity contribution < 1.29 is 13.5 Å². The van der Waals surface area contributed by atoms with Crippen LogP contribution in [0.4, 0.5) is 8.78 Å². The van der Waals surface area contributed by atoms with Crippen LogP contribution in [-0.2, 0) is 10.8 Å². The number of nitrogens with zero attached hydrogens (tertiary/aromatic N) is 1. The standard InChI is InChI=1S/C27H33F2NO/c1-3-4-5-6-21-7-13-24(14-8-21)25-15-17-26(18-16-25)27(28,29)31-20(2)23-11-9-22(19-30)10-12-23/h9-12,15-18,20-21,24H,3-8,13-14H2,1-2H3. The fourth-order valence-electron chi connectivity index (χ4n) is 4.60. The molecule has 2 aromatic carbocycles. The minimum atomic E-state index is -3.37. The number of hydrogen-bond donors (Lipinski definition) is 0. The largest absolute Gasteiger partial charge is 0.383 e. The molecule has 0 heterocycles. The second-order valence-electron chi connectivity index (χ2n) is 8.85. The van der Waals surface area contributed by atoms with Crippen LogP contribution in [0.25, 0.3) is 0 Å². The maximum Gasteiger partial charge on any atom is 0.383 e. The zero-order chi connectivity index (χ0) is 22.3. The minimum absolute atomic E-state index is 0.120. The van der Waals surface area contributed by atoms with Crippen molar-refractivity contribution in [1.29, 1.82) is 5.26 Å². The van der Waals surface area contributed by atoms with Crippen LogP contribution in [0.2, 0.25) is 0 Å². The smallest absolute Gasteiger partial charge is 0.309 e. The van der Waals surface area contributed by atoms with Crippen molar-refractivity contribution in [2.24, 2.45) is 5.92 Å². The van der Waals surface area contributed by atoms with Gasteiger partial charge in [-0.05, 0) is 67.7 Å². The highest BCUT2D eigenvalue weighted by atomic mass is 19.3. The first-order valence-corrected chi connectivity index (χ1v) is 11.6. The summed E-state index contributed by atoms with van der Waals surface area (Å²) in [6.45, 7) is 3.84. The third-order valence-electron chi connectivity index (χ3n) is 6.61. The molecule has 0 saturated heterocycles. The molecular weight excluding hydrogens is 392 g/mol. The lowest BCUT2D eigenvalue weighted by Crippen LogP contribution is -2.20. The van der Waals surface area contributed by atoms with E-state index < -0.39 is 12.2 Å². The zero-order valence-corrected chi connectivity index (χ0v) is 18.6. The van der Waals surface area contributed by atoms with E-state index in [4.69, 9.17) is 10.00 Å². The maximum atomic E-state index is 14.7. The van der Waals surface area contributed by atoms with Gasteiger partial charge in [-0.3, -0.25) is 0 Å². The molecule has 1 saturated carbocycles. The summed E-state index contributed by atoms with van der Waals surface area (Å²) in [5, 5.41) is 8.87. The average Bonchev–Trinajstić information content (AvgIpc) is 2.79. The second kappa shape index (κ2) is 10.9. The van der Waals surface area contributed by atoms with E-state index in [0.717, 1.165) is 24.3 Å². The summed E-state index contributed by atoms with van der Waals surface area (Å²) in [4.78, 5) is 0. The summed E-state index contributed by atoms with van der Waals surface area (Å²) in [5.41, 5.74) is 2.15. The van der Waals surface area contributed by atoms with Crippen LogP contribution in [0.15, 0.2) is 48.5 Å². The van der Waals surface area contributed by atoms with Gasteiger partial charge in [0.15, 0.2) is 0 Å². The number of halogens is 2. The Balaban J connectivity index is 1.56. The minimum Gasteiger partial charge on any atom is -0.309 e. The Kier molecular flexibility index (Phi) is 8.21. The number of ether oxygens (including phenoxy) is 1. The topological polar surface area (TPSA) is 33.0 Å². The molecule has 0 N–H and O–H groups in total. The van der Waals surface area contributed by atoms with Gasteiger partial charge in [0, 0.05) is 0 Å². The number of unbranched alkanes of at least 4 members (excludes halogenated alkanes) is 2. The second-order valence-corrected chi connectivity index (χ2v) is 8.85. The molecule has 2 aromatic rings. The molecule has 0 amide bonds. The van der Waals surface area contributed by atoms with Crippen molar-refractivity contribution in [3.05, 3.63) is 70.8 Å². The lowest BCUT2D eigenvalue weighted by atomic mass is 9.77. The highest BCUT2D eigenvalue weighted by molar-refractivity contribution is 5.32. The molecule has 0 radical (unpaired) electrons. The van der Waals surface area contributed by atoms with Crippen molar-refractivity contribution in [2.45, 2.75) is 83.3 Å². The number of alkyl halides is 2. The summed E-state index contributed by atoms with van der Waals surface area (Å²) < 4.78 is 34.6. The Morgan fingerprint density at radius 3 is 2.23 bits per heavy atom. The Bertz CT molecular complexity index is 846. The molecule has 1 aliphatic rings. The number of hydrogen-bond acceptors (Lipinski definition) is 2. The quantitative estimate of drug-likeness (QED) is 0.379. The zero-order valence-electron chi connectivity index (χ0n) is 18.6. The molecule has 166 valence electrons. The lowest BCUT2D eigenvalue weighted by molar-refractivity contribution is -0.272. The molecule has 1 fully saturated rings. The molecule has 0 aliphatic heterocycles. The van der Waals surface area contributed by atoms with E-state index in [0.29, 0.717) is 17.0 Å². The van der Waals surface area contributed by atoms with E-state index in [2.05, 4.69) is 6.92 Å². The van der Waals surface area contributed by atoms with Gasteiger partial charge < -0.3 is 4.74 Å².